The van der Waals surface area contributed by atoms with Crippen LogP contribution >= 0.6 is 23.2 Å². The zero-order valence-electron chi connectivity index (χ0n) is 13.4. The van der Waals surface area contributed by atoms with E-state index in [0.717, 1.165) is 11.4 Å². The molecule has 0 aliphatic carbocycles. The van der Waals surface area contributed by atoms with Crippen molar-refractivity contribution in [2.75, 3.05) is 11.6 Å². The van der Waals surface area contributed by atoms with Gasteiger partial charge in [-0.3, -0.25) is 0 Å². The Hall–Kier alpha value is -1.19. The molecular formula is C15H14Cl2F6N2O. The summed E-state index contributed by atoms with van der Waals surface area (Å²) < 4.78 is 82.9. The molecule has 1 aromatic carbocycles. The lowest BCUT2D eigenvalue weighted by atomic mass is 10.2. The van der Waals surface area contributed by atoms with Crippen LogP contribution in [0.1, 0.15) is 31.7 Å². The third kappa shape index (κ3) is 4.75. The average molecular weight is 423 g/mol. The molecule has 0 saturated carbocycles. The van der Waals surface area contributed by atoms with Crippen molar-refractivity contribution in [3.05, 3.63) is 27.7 Å². The topological polar surface area (TPSA) is 24.8 Å². The van der Waals surface area contributed by atoms with Crippen LogP contribution in [0.2, 0.25) is 10.0 Å². The normalized spacial score (nSPS) is 18.4. The molecule has 146 valence electrons. The van der Waals surface area contributed by atoms with E-state index < -0.39 is 46.3 Å². The van der Waals surface area contributed by atoms with Crippen LogP contribution in [-0.2, 0) is 10.9 Å². The fourth-order valence-corrected chi connectivity index (χ4v) is 2.96. The maximum atomic E-state index is 13.0. The monoisotopic (exact) mass is 422 g/mol. The molecule has 1 aliphatic heterocycles. The molecule has 1 atom stereocenters. The summed E-state index contributed by atoms with van der Waals surface area (Å²) in [6, 6.07) is 1.18. The summed E-state index contributed by atoms with van der Waals surface area (Å²) in [5.74, 6) is 0. The molecule has 0 N–H and O–H groups in total. The summed E-state index contributed by atoms with van der Waals surface area (Å²) >= 11 is 11.8. The van der Waals surface area contributed by atoms with E-state index in [9.17, 15) is 26.3 Å². The van der Waals surface area contributed by atoms with Gasteiger partial charge >= 0.3 is 12.4 Å². The van der Waals surface area contributed by atoms with Gasteiger partial charge in [-0.1, -0.05) is 36.5 Å². The number of benzene rings is 1. The van der Waals surface area contributed by atoms with Gasteiger partial charge in [0.2, 0.25) is 0 Å². The maximum absolute atomic E-state index is 13.0. The summed E-state index contributed by atoms with van der Waals surface area (Å²) in [5.41, 5.74) is -2.49. The Labute approximate surface area is 155 Å². The second-order valence-corrected chi connectivity index (χ2v) is 6.37. The Morgan fingerprint density at radius 1 is 1.12 bits per heavy atom. The van der Waals surface area contributed by atoms with Crippen molar-refractivity contribution < 1.29 is 31.1 Å². The summed E-state index contributed by atoms with van der Waals surface area (Å²) in [6.07, 6.45) is -9.80. The van der Waals surface area contributed by atoms with E-state index in [-0.39, 0.29) is 12.3 Å². The number of alkyl halides is 6. The minimum absolute atomic E-state index is 0.161. The fraction of sp³-hybridized carbons (Fsp3) is 0.533. The van der Waals surface area contributed by atoms with Crippen LogP contribution in [0.3, 0.4) is 0 Å². The molecule has 0 spiro atoms. The molecular weight excluding hydrogens is 409 g/mol. The van der Waals surface area contributed by atoms with Crippen LogP contribution in [0.5, 0.6) is 0 Å². The molecule has 11 heteroatoms. The van der Waals surface area contributed by atoms with E-state index in [1.807, 2.05) is 6.92 Å². The quantitative estimate of drug-likeness (QED) is 0.411. The summed E-state index contributed by atoms with van der Waals surface area (Å²) in [4.78, 5) is 0. The number of hydrazone groups is 1. The number of rotatable bonds is 5. The van der Waals surface area contributed by atoms with Gasteiger partial charge in [0.05, 0.1) is 21.3 Å². The molecule has 0 amide bonds. The van der Waals surface area contributed by atoms with Gasteiger partial charge in [-0.05, 0) is 18.6 Å². The highest BCUT2D eigenvalue weighted by molar-refractivity contribution is 6.39. The molecule has 0 radical (unpaired) electrons. The number of unbranched alkanes of at least 4 members (excludes halogenated alkanes) is 1. The van der Waals surface area contributed by atoms with Gasteiger partial charge in [-0.25, -0.2) is 5.01 Å². The lowest BCUT2D eigenvalue weighted by molar-refractivity contribution is -0.137. The first-order chi connectivity index (χ1) is 11.9. The number of hydrogen-bond donors (Lipinski definition) is 0. The van der Waals surface area contributed by atoms with Gasteiger partial charge in [-0.15, -0.1) is 0 Å². The molecule has 0 fully saturated rings. The Balaban J connectivity index is 2.42. The number of ether oxygens (including phenoxy) is 1. The van der Waals surface area contributed by atoms with Gasteiger partial charge in [0.15, 0.2) is 6.23 Å². The number of nitrogens with zero attached hydrogens (tertiary/aromatic N) is 2. The van der Waals surface area contributed by atoms with Crippen molar-refractivity contribution in [2.45, 2.75) is 44.8 Å². The standard InChI is InChI=1S/C15H14Cl2F6N2O/c1-2-3-4-26-12-7-11(15(21,22)23)24-25(12)13-9(16)5-8(6-10(13)17)14(18,19)20/h5-6,12H,2-4,7H2,1H3. The molecule has 0 bridgehead atoms. The molecule has 26 heavy (non-hydrogen) atoms. The SMILES string of the molecule is CCCCOC1CC(C(F)(F)F)=NN1c1c(Cl)cc(C(F)(F)F)cc1Cl. The molecule has 2 rings (SSSR count). The molecule has 3 nitrogen and oxygen atoms in total. The molecule has 1 unspecified atom stereocenters. The molecule has 1 aliphatic rings. The van der Waals surface area contributed by atoms with Crippen molar-refractivity contribution in [2.24, 2.45) is 5.10 Å². The van der Waals surface area contributed by atoms with Gasteiger partial charge in [0, 0.05) is 13.0 Å². The third-order valence-corrected chi connectivity index (χ3v) is 4.15. The predicted octanol–water partition coefficient (Wildman–Crippen LogP) is 6.28. The average Bonchev–Trinajstić information content (AvgIpc) is 2.90. The highest BCUT2D eigenvalue weighted by atomic mass is 35.5. The van der Waals surface area contributed by atoms with E-state index in [1.165, 1.54) is 0 Å². The molecule has 1 aromatic rings. The fourth-order valence-electron chi connectivity index (χ4n) is 2.29. The summed E-state index contributed by atoms with van der Waals surface area (Å²) in [7, 11) is 0. The van der Waals surface area contributed by atoms with E-state index in [4.69, 9.17) is 27.9 Å². The molecule has 0 aromatic heterocycles. The van der Waals surface area contributed by atoms with E-state index in [2.05, 4.69) is 5.10 Å². The lowest BCUT2D eigenvalue weighted by Gasteiger charge is -2.26. The minimum atomic E-state index is -4.70. The van der Waals surface area contributed by atoms with Crippen molar-refractivity contribution >= 4 is 34.6 Å². The van der Waals surface area contributed by atoms with Crippen LogP contribution < -0.4 is 5.01 Å². The van der Waals surface area contributed by atoms with Crippen LogP contribution in [0, 0.1) is 0 Å². The van der Waals surface area contributed by atoms with Crippen LogP contribution in [-0.4, -0.2) is 24.7 Å². The van der Waals surface area contributed by atoms with Gasteiger partial charge in [0.1, 0.15) is 5.71 Å². The van der Waals surface area contributed by atoms with Gasteiger partial charge in [-0.2, -0.15) is 31.4 Å². The maximum Gasteiger partial charge on any atom is 0.431 e. The number of anilines is 1. The van der Waals surface area contributed by atoms with E-state index >= 15 is 0 Å². The second-order valence-electron chi connectivity index (χ2n) is 5.56. The first-order valence-electron chi connectivity index (χ1n) is 7.57. The Kier molecular flexibility index (Phi) is 6.35. The lowest BCUT2D eigenvalue weighted by Crippen LogP contribution is -2.31. The molecule has 1 heterocycles. The Morgan fingerprint density at radius 2 is 1.69 bits per heavy atom. The highest BCUT2D eigenvalue weighted by Gasteiger charge is 2.44. The number of hydrogen-bond acceptors (Lipinski definition) is 3. The van der Waals surface area contributed by atoms with Crippen molar-refractivity contribution in [1.29, 1.82) is 0 Å². The number of halogens is 8. The van der Waals surface area contributed by atoms with E-state index in [0.29, 0.717) is 18.6 Å². The first-order valence-corrected chi connectivity index (χ1v) is 8.32. The predicted molar refractivity (Wildman–Crippen MR) is 86.7 cm³/mol. The van der Waals surface area contributed by atoms with Crippen LogP contribution in [0.15, 0.2) is 17.2 Å². The third-order valence-electron chi connectivity index (χ3n) is 3.58. The van der Waals surface area contributed by atoms with Crippen LogP contribution in [0.25, 0.3) is 0 Å². The first kappa shape index (κ1) is 21.1. The van der Waals surface area contributed by atoms with Crippen molar-refractivity contribution in [1.82, 2.24) is 0 Å². The van der Waals surface area contributed by atoms with Crippen LogP contribution in [0.4, 0.5) is 32.0 Å². The van der Waals surface area contributed by atoms with Gasteiger partial charge < -0.3 is 4.74 Å². The van der Waals surface area contributed by atoms with E-state index in [1.54, 1.807) is 0 Å². The highest BCUT2D eigenvalue weighted by Crippen LogP contribution is 2.43. The smallest absolute Gasteiger partial charge is 0.356 e. The van der Waals surface area contributed by atoms with Gasteiger partial charge in [0.25, 0.3) is 0 Å². The molecule has 0 saturated heterocycles. The summed E-state index contributed by atoms with van der Waals surface area (Å²) in [5, 5.41) is 3.31. The van der Waals surface area contributed by atoms with Crippen molar-refractivity contribution in [3.8, 4) is 0 Å². The zero-order valence-corrected chi connectivity index (χ0v) is 14.9. The second kappa shape index (κ2) is 7.82. The Morgan fingerprint density at radius 3 is 2.15 bits per heavy atom. The van der Waals surface area contributed by atoms with Crippen molar-refractivity contribution in [3.63, 3.8) is 0 Å². The Bertz CT molecular complexity index is 667. The largest absolute Gasteiger partial charge is 0.431 e. The zero-order chi connectivity index (χ0) is 19.7. The summed E-state index contributed by atoms with van der Waals surface area (Å²) in [6.45, 7) is 2.03. The minimum Gasteiger partial charge on any atom is -0.356 e.